The molecule has 1 aromatic heterocycles. The van der Waals surface area contributed by atoms with Gasteiger partial charge in [-0.3, -0.25) is 9.69 Å². The Bertz CT molecular complexity index is 591. The summed E-state index contributed by atoms with van der Waals surface area (Å²) in [5.74, 6) is 1.11. The third-order valence-electron chi connectivity index (χ3n) is 3.27. The summed E-state index contributed by atoms with van der Waals surface area (Å²) < 4.78 is 2.00. The van der Waals surface area contributed by atoms with E-state index in [2.05, 4.69) is 15.1 Å². The number of Topliss-reactive ketones (excluding diaryl/α,β-unsaturated/α-hetero) is 1. The topological polar surface area (TPSA) is 71.2 Å². The van der Waals surface area contributed by atoms with Gasteiger partial charge >= 0.3 is 0 Å². The molecule has 3 rings (SSSR count). The van der Waals surface area contributed by atoms with E-state index < -0.39 is 0 Å². The fourth-order valence-electron chi connectivity index (χ4n) is 2.19. The van der Waals surface area contributed by atoms with Crippen LogP contribution in [0.4, 0.5) is 0 Å². The quantitative estimate of drug-likeness (QED) is 0.820. The lowest BCUT2D eigenvalue weighted by Crippen LogP contribution is -2.37. The first kappa shape index (κ1) is 11.9. The monoisotopic (exact) mass is 258 g/mol. The fraction of sp³-hybridized carbons (Fsp3) is 0.308. The number of aromatic nitrogens is 3. The number of phenolic OH excluding ortho intramolecular Hbond substituents is 1. The zero-order valence-electron chi connectivity index (χ0n) is 10.4. The minimum absolute atomic E-state index is 0.0490. The first-order valence-electron chi connectivity index (χ1n) is 6.13. The van der Waals surface area contributed by atoms with Crippen molar-refractivity contribution >= 4 is 5.78 Å². The van der Waals surface area contributed by atoms with Gasteiger partial charge in [0, 0.05) is 18.7 Å². The third-order valence-corrected chi connectivity index (χ3v) is 3.27. The van der Waals surface area contributed by atoms with Crippen molar-refractivity contribution in [2.24, 2.45) is 0 Å². The number of hydrogen-bond acceptors (Lipinski definition) is 5. The molecule has 0 atom stereocenters. The Morgan fingerprint density at radius 1 is 1.26 bits per heavy atom. The van der Waals surface area contributed by atoms with Gasteiger partial charge in [0.1, 0.15) is 17.9 Å². The summed E-state index contributed by atoms with van der Waals surface area (Å²) >= 11 is 0. The molecule has 2 heterocycles. The van der Waals surface area contributed by atoms with Gasteiger partial charge in [-0.05, 0) is 24.3 Å². The van der Waals surface area contributed by atoms with E-state index in [0.29, 0.717) is 18.7 Å². The van der Waals surface area contributed by atoms with E-state index in [1.165, 1.54) is 12.1 Å². The second-order valence-electron chi connectivity index (χ2n) is 4.62. The van der Waals surface area contributed by atoms with Gasteiger partial charge < -0.3 is 9.67 Å². The van der Waals surface area contributed by atoms with Gasteiger partial charge in [-0.15, -0.1) is 10.2 Å². The predicted molar refractivity (Wildman–Crippen MR) is 67.7 cm³/mol. The molecule has 0 radical (unpaired) electrons. The van der Waals surface area contributed by atoms with Crippen LogP contribution in [-0.4, -0.2) is 43.6 Å². The van der Waals surface area contributed by atoms with Crippen LogP contribution in [0.2, 0.25) is 0 Å². The van der Waals surface area contributed by atoms with Crippen LogP contribution >= 0.6 is 0 Å². The van der Waals surface area contributed by atoms with E-state index in [0.717, 1.165) is 18.9 Å². The minimum Gasteiger partial charge on any atom is -0.508 e. The molecule has 19 heavy (non-hydrogen) atoms. The molecule has 0 amide bonds. The first-order valence-corrected chi connectivity index (χ1v) is 6.13. The Morgan fingerprint density at radius 3 is 2.84 bits per heavy atom. The van der Waals surface area contributed by atoms with Gasteiger partial charge in [0.05, 0.1) is 13.1 Å². The largest absolute Gasteiger partial charge is 0.508 e. The van der Waals surface area contributed by atoms with Crippen molar-refractivity contribution in [3.05, 3.63) is 42.0 Å². The first-order chi connectivity index (χ1) is 9.22. The number of fused-ring (bicyclic) bond motifs is 1. The third kappa shape index (κ3) is 2.48. The number of ketones is 1. The summed E-state index contributed by atoms with van der Waals surface area (Å²) in [5.41, 5.74) is 0.616. The van der Waals surface area contributed by atoms with Crippen molar-refractivity contribution in [1.82, 2.24) is 19.7 Å². The van der Waals surface area contributed by atoms with Crippen molar-refractivity contribution in [1.29, 1.82) is 0 Å². The van der Waals surface area contributed by atoms with Crippen LogP contribution in [0.15, 0.2) is 30.6 Å². The summed E-state index contributed by atoms with van der Waals surface area (Å²) in [6.45, 7) is 2.63. The van der Waals surface area contributed by atoms with E-state index in [-0.39, 0.29) is 11.5 Å². The molecule has 0 saturated heterocycles. The summed E-state index contributed by atoms with van der Waals surface area (Å²) in [7, 11) is 0. The molecule has 6 nitrogen and oxygen atoms in total. The van der Waals surface area contributed by atoms with Crippen LogP contribution in [-0.2, 0) is 13.1 Å². The molecule has 0 bridgehead atoms. The smallest absolute Gasteiger partial charge is 0.176 e. The highest BCUT2D eigenvalue weighted by molar-refractivity contribution is 5.97. The van der Waals surface area contributed by atoms with Crippen molar-refractivity contribution in [3.8, 4) is 5.75 Å². The van der Waals surface area contributed by atoms with Crippen molar-refractivity contribution in [2.75, 3.05) is 13.1 Å². The van der Waals surface area contributed by atoms with Crippen LogP contribution in [0.5, 0.6) is 5.75 Å². The highest BCUT2D eigenvalue weighted by atomic mass is 16.3. The van der Waals surface area contributed by atoms with Crippen LogP contribution in [0.3, 0.4) is 0 Å². The van der Waals surface area contributed by atoms with Crippen LogP contribution < -0.4 is 0 Å². The fourth-order valence-corrected chi connectivity index (χ4v) is 2.19. The Kier molecular flexibility index (Phi) is 3.00. The Balaban J connectivity index is 1.66. The Morgan fingerprint density at radius 2 is 2.05 bits per heavy atom. The molecule has 6 heteroatoms. The number of phenols is 1. The number of rotatable bonds is 3. The van der Waals surface area contributed by atoms with Crippen molar-refractivity contribution in [2.45, 2.75) is 13.1 Å². The Labute approximate surface area is 110 Å². The van der Waals surface area contributed by atoms with E-state index in [1.54, 1.807) is 18.5 Å². The average Bonchev–Trinajstić information content (AvgIpc) is 2.87. The molecule has 1 aliphatic heterocycles. The zero-order chi connectivity index (χ0) is 13.2. The highest BCUT2D eigenvalue weighted by Crippen LogP contribution is 2.13. The predicted octanol–water partition coefficient (Wildman–Crippen LogP) is 0.682. The molecule has 1 aliphatic rings. The molecule has 1 N–H and O–H groups in total. The molecule has 98 valence electrons. The summed E-state index contributed by atoms with van der Waals surface area (Å²) in [5, 5.41) is 17.1. The van der Waals surface area contributed by atoms with E-state index in [1.807, 2.05) is 4.57 Å². The highest BCUT2D eigenvalue weighted by Gasteiger charge is 2.19. The van der Waals surface area contributed by atoms with Crippen molar-refractivity contribution < 1.29 is 9.90 Å². The molecule has 0 saturated carbocycles. The van der Waals surface area contributed by atoms with Crippen LogP contribution in [0.1, 0.15) is 16.2 Å². The maximum atomic E-state index is 12.1. The second-order valence-corrected chi connectivity index (χ2v) is 4.62. The van der Waals surface area contributed by atoms with Crippen LogP contribution in [0, 0.1) is 0 Å². The summed E-state index contributed by atoms with van der Waals surface area (Å²) in [4.78, 5) is 14.2. The number of benzene rings is 1. The zero-order valence-corrected chi connectivity index (χ0v) is 10.4. The van der Waals surface area contributed by atoms with E-state index in [9.17, 15) is 9.90 Å². The van der Waals surface area contributed by atoms with Gasteiger partial charge in [0.15, 0.2) is 5.78 Å². The molecule has 2 aromatic rings. The SMILES string of the molecule is O=C(CN1CCn2cnnc2C1)c1ccc(O)cc1. The maximum absolute atomic E-state index is 12.1. The van der Waals surface area contributed by atoms with Gasteiger partial charge in [0.2, 0.25) is 0 Å². The molecular formula is C13H14N4O2. The van der Waals surface area contributed by atoms with Gasteiger partial charge in [0.25, 0.3) is 0 Å². The number of nitrogens with zero attached hydrogens (tertiary/aromatic N) is 4. The van der Waals surface area contributed by atoms with Gasteiger partial charge in [-0.2, -0.15) is 0 Å². The molecule has 0 spiro atoms. The summed E-state index contributed by atoms with van der Waals surface area (Å²) in [6.07, 6.45) is 1.72. The number of carbonyl (C=O) groups excluding carboxylic acids is 1. The normalized spacial score (nSPS) is 15.2. The molecular weight excluding hydrogens is 244 g/mol. The lowest BCUT2D eigenvalue weighted by atomic mass is 10.1. The number of hydrogen-bond donors (Lipinski definition) is 1. The molecule has 0 unspecified atom stereocenters. The van der Waals surface area contributed by atoms with E-state index in [4.69, 9.17) is 0 Å². The van der Waals surface area contributed by atoms with Gasteiger partial charge in [-0.1, -0.05) is 0 Å². The second kappa shape index (κ2) is 4.81. The molecule has 1 aromatic carbocycles. The van der Waals surface area contributed by atoms with Crippen LogP contribution in [0.25, 0.3) is 0 Å². The Hall–Kier alpha value is -2.21. The summed E-state index contributed by atoms with van der Waals surface area (Å²) in [6, 6.07) is 6.34. The molecule has 0 aliphatic carbocycles. The number of carbonyl (C=O) groups is 1. The van der Waals surface area contributed by atoms with E-state index >= 15 is 0 Å². The average molecular weight is 258 g/mol. The minimum atomic E-state index is 0.0490. The standard InChI is InChI=1S/C13H14N4O2/c18-11-3-1-10(2-4-11)12(19)7-16-5-6-17-9-14-15-13(17)8-16/h1-4,9,18H,5-8H2. The lowest BCUT2D eigenvalue weighted by Gasteiger charge is -2.26. The van der Waals surface area contributed by atoms with Gasteiger partial charge in [-0.25, -0.2) is 0 Å². The lowest BCUT2D eigenvalue weighted by molar-refractivity contribution is 0.0908. The maximum Gasteiger partial charge on any atom is 0.176 e. The van der Waals surface area contributed by atoms with Crippen molar-refractivity contribution in [3.63, 3.8) is 0 Å². The number of aromatic hydroxyl groups is 1. The molecule has 0 fully saturated rings.